The Morgan fingerprint density at radius 1 is 1.37 bits per heavy atom. The SMILES string of the molecule is O=C(NCc1ccc(F)cc1)c1n[nH]c(C2CC2)n1. The molecule has 1 aliphatic rings. The number of amides is 1. The molecule has 1 amide bonds. The normalized spacial score (nSPS) is 14.4. The van der Waals surface area contributed by atoms with Gasteiger partial charge in [0.2, 0.25) is 5.82 Å². The van der Waals surface area contributed by atoms with Gasteiger partial charge in [0.25, 0.3) is 5.91 Å². The second-order valence-electron chi connectivity index (χ2n) is 4.63. The average molecular weight is 260 g/mol. The molecule has 0 atom stereocenters. The van der Waals surface area contributed by atoms with Crippen LogP contribution in [-0.2, 0) is 6.54 Å². The van der Waals surface area contributed by atoms with E-state index in [1.54, 1.807) is 12.1 Å². The molecule has 0 bridgehead atoms. The average Bonchev–Trinajstić information content (AvgIpc) is 3.15. The molecule has 1 aromatic heterocycles. The van der Waals surface area contributed by atoms with Crippen molar-refractivity contribution in [2.75, 3.05) is 0 Å². The number of aromatic nitrogens is 3. The van der Waals surface area contributed by atoms with Crippen molar-refractivity contribution in [3.05, 3.63) is 47.3 Å². The molecule has 98 valence electrons. The molecule has 0 saturated heterocycles. The predicted molar refractivity (Wildman–Crippen MR) is 65.9 cm³/mol. The van der Waals surface area contributed by atoms with Gasteiger partial charge in [0.15, 0.2) is 0 Å². The molecule has 0 radical (unpaired) electrons. The number of hydrogen-bond donors (Lipinski definition) is 2. The molecule has 0 unspecified atom stereocenters. The summed E-state index contributed by atoms with van der Waals surface area (Å²) in [7, 11) is 0. The van der Waals surface area contributed by atoms with E-state index in [0.29, 0.717) is 12.5 Å². The third kappa shape index (κ3) is 2.78. The van der Waals surface area contributed by atoms with E-state index in [-0.39, 0.29) is 17.5 Å². The Kier molecular flexibility index (Phi) is 2.98. The van der Waals surface area contributed by atoms with E-state index in [2.05, 4.69) is 20.5 Å². The number of nitrogens with zero attached hydrogens (tertiary/aromatic N) is 2. The van der Waals surface area contributed by atoms with Crippen molar-refractivity contribution >= 4 is 5.91 Å². The first-order chi connectivity index (χ1) is 9.22. The highest BCUT2D eigenvalue weighted by molar-refractivity contribution is 5.90. The maximum atomic E-state index is 12.7. The molecule has 0 aliphatic heterocycles. The van der Waals surface area contributed by atoms with Crippen molar-refractivity contribution in [3.8, 4) is 0 Å². The van der Waals surface area contributed by atoms with Gasteiger partial charge in [0, 0.05) is 12.5 Å². The number of carbonyl (C=O) groups excluding carboxylic acids is 1. The predicted octanol–water partition coefficient (Wildman–Crippen LogP) is 1.75. The number of nitrogens with one attached hydrogen (secondary N) is 2. The molecule has 2 N–H and O–H groups in total. The number of rotatable bonds is 4. The molecule has 1 heterocycles. The van der Waals surface area contributed by atoms with Gasteiger partial charge in [-0.2, -0.15) is 0 Å². The summed E-state index contributed by atoms with van der Waals surface area (Å²) in [5, 5.41) is 9.38. The third-order valence-electron chi connectivity index (χ3n) is 3.04. The summed E-state index contributed by atoms with van der Waals surface area (Å²) in [6.45, 7) is 0.326. The lowest BCUT2D eigenvalue weighted by atomic mass is 10.2. The Morgan fingerprint density at radius 2 is 2.11 bits per heavy atom. The second-order valence-corrected chi connectivity index (χ2v) is 4.63. The molecule has 19 heavy (non-hydrogen) atoms. The van der Waals surface area contributed by atoms with Gasteiger partial charge in [-0.05, 0) is 30.5 Å². The Labute approximate surface area is 109 Å². The van der Waals surface area contributed by atoms with Crippen molar-refractivity contribution in [1.82, 2.24) is 20.5 Å². The topological polar surface area (TPSA) is 70.7 Å². The van der Waals surface area contributed by atoms with Crippen molar-refractivity contribution in [3.63, 3.8) is 0 Å². The fourth-order valence-corrected chi connectivity index (χ4v) is 1.78. The van der Waals surface area contributed by atoms with Gasteiger partial charge in [-0.15, -0.1) is 5.10 Å². The maximum Gasteiger partial charge on any atom is 0.291 e. The van der Waals surface area contributed by atoms with E-state index in [9.17, 15) is 9.18 Å². The van der Waals surface area contributed by atoms with Crippen LogP contribution in [0.3, 0.4) is 0 Å². The van der Waals surface area contributed by atoms with Gasteiger partial charge in [-0.1, -0.05) is 12.1 Å². The first-order valence-corrected chi connectivity index (χ1v) is 6.17. The van der Waals surface area contributed by atoms with Crippen LogP contribution in [0.2, 0.25) is 0 Å². The van der Waals surface area contributed by atoms with Crippen LogP contribution >= 0.6 is 0 Å². The molecule has 3 rings (SSSR count). The number of hydrogen-bond acceptors (Lipinski definition) is 3. The zero-order valence-corrected chi connectivity index (χ0v) is 10.2. The monoisotopic (exact) mass is 260 g/mol. The Hall–Kier alpha value is -2.24. The highest BCUT2D eigenvalue weighted by Crippen LogP contribution is 2.37. The van der Waals surface area contributed by atoms with Crippen LogP contribution in [0.5, 0.6) is 0 Å². The summed E-state index contributed by atoms with van der Waals surface area (Å²) in [6, 6.07) is 5.98. The smallest absolute Gasteiger partial charge is 0.291 e. The standard InChI is InChI=1S/C13H13FN4O/c14-10-5-1-8(2-6-10)7-15-13(19)12-16-11(17-18-12)9-3-4-9/h1-2,5-6,9H,3-4,7H2,(H,15,19)(H,16,17,18). The lowest BCUT2D eigenvalue weighted by Crippen LogP contribution is -2.24. The fourth-order valence-electron chi connectivity index (χ4n) is 1.78. The zero-order chi connectivity index (χ0) is 13.2. The van der Waals surface area contributed by atoms with Crippen molar-refractivity contribution in [1.29, 1.82) is 0 Å². The summed E-state index contributed by atoms with van der Waals surface area (Å²) in [4.78, 5) is 16.0. The van der Waals surface area contributed by atoms with Gasteiger partial charge in [0.05, 0.1) is 0 Å². The van der Waals surface area contributed by atoms with Crippen LogP contribution in [-0.4, -0.2) is 21.1 Å². The zero-order valence-electron chi connectivity index (χ0n) is 10.2. The summed E-state index contributed by atoms with van der Waals surface area (Å²) in [5.41, 5.74) is 0.827. The summed E-state index contributed by atoms with van der Waals surface area (Å²) in [6.07, 6.45) is 2.21. The highest BCUT2D eigenvalue weighted by atomic mass is 19.1. The van der Waals surface area contributed by atoms with Crippen molar-refractivity contribution in [2.24, 2.45) is 0 Å². The molecule has 0 spiro atoms. The highest BCUT2D eigenvalue weighted by Gasteiger charge is 2.28. The number of aromatic amines is 1. The van der Waals surface area contributed by atoms with Gasteiger partial charge >= 0.3 is 0 Å². The molecule has 1 fully saturated rings. The number of halogens is 1. The molecule has 1 aromatic carbocycles. The summed E-state index contributed by atoms with van der Waals surface area (Å²) < 4.78 is 12.7. The van der Waals surface area contributed by atoms with E-state index in [4.69, 9.17) is 0 Å². The van der Waals surface area contributed by atoms with E-state index in [1.165, 1.54) is 12.1 Å². The quantitative estimate of drug-likeness (QED) is 0.879. The lowest BCUT2D eigenvalue weighted by molar-refractivity contribution is 0.0941. The lowest BCUT2D eigenvalue weighted by Gasteiger charge is -2.02. The van der Waals surface area contributed by atoms with Crippen LogP contribution in [0.4, 0.5) is 4.39 Å². The molecule has 2 aromatic rings. The van der Waals surface area contributed by atoms with Gasteiger partial charge in [0.1, 0.15) is 11.6 Å². The second kappa shape index (κ2) is 4.79. The Bertz CT molecular complexity index is 589. The maximum absolute atomic E-state index is 12.7. The first kappa shape index (κ1) is 11.8. The van der Waals surface area contributed by atoms with E-state index in [1.807, 2.05) is 0 Å². The Morgan fingerprint density at radius 3 is 2.79 bits per heavy atom. The van der Waals surface area contributed by atoms with E-state index in [0.717, 1.165) is 24.2 Å². The molecule has 1 aliphatic carbocycles. The summed E-state index contributed by atoms with van der Waals surface area (Å²) in [5.74, 6) is 0.757. The van der Waals surface area contributed by atoms with E-state index < -0.39 is 0 Å². The first-order valence-electron chi connectivity index (χ1n) is 6.17. The number of carbonyl (C=O) groups is 1. The molecular weight excluding hydrogens is 247 g/mol. The van der Waals surface area contributed by atoms with E-state index >= 15 is 0 Å². The van der Waals surface area contributed by atoms with Crippen molar-refractivity contribution < 1.29 is 9.18 Å². The molecule has 5 nitrogen and oxygen atoms in total. The van der Waals surface area contributed by atoms with Crippen LogP contribution < -0.4 is 5.32 Å². The minimum atomic E-state index is -0.326. The molecular formula is C13H13FN4O. The summed E-state index contributed by atoms with van der Waals surface area (Å²) >= 11 is 0. The van der Waals surface area contributed by atoms with Crippen LogP contribution in [0, 0.1) is 5.82 Å². The van der Waals surface area contributed by atoms with Gasteiger partial charge < -0.3 is 5.32 Å². The van der Waals surface area contributed by atoms with Crippen LogP contribution in [0.1, 0.15) is 40.8 Å². The van der Waals surface area contributed by atoms with Crippen LogP contribution in [0.15, 0.2) is 24.3 Å². The molecule has 1 saturated carbocycles. The minimum absolute atomic E-state index is 0.156. The van der Waals surface area contributed by atoms with Gasteiger partial charge in [-0.25, -0.2) is 9.37 Å². The largest absolute Gasteiger partial charge is 0.345 e. The third-order valence-corrected chi connectivity index (χ3v) is 3.04. The molecule has 6 heteroatoms. The fraction of sp³-hybridized carbons (Fsp3) is 0.308. The van der Waals surface area contributed by atoms with Crippen molar-refractivity contribution in [2.45, 2.75) is 25.3 Å². The Balaban J connectivity index is 1.59. The minimum Gasteiger partial charge on any atom is -0.345 e. The van der Waals surface area contributed by atoms with Crippen LogP contribution in [0.25, 0.3) is 0 Å². The number of benzene rings is 1. The number of H-pyrrole nitrogens is 1. The van der Waals surface area contributed by atoms with Gasteiger partial charge in [-0.3, -0.25) is 9.89 Å².